The molecule has 19 heavy (non-hydrogen) atoms. The third-order valence-electron chi connectivity index (χ3n) is 3.97. The molecule has 2 heterocycles. The SMILES string of the molecule is CCNCC1CCN(c2nc(C)cn2C(C)C)CC1. The summed E-state index contributed by atoms with van der Waals surface area (Å²) < 4.78 is 2.31. The second-order valence-corrected chi connectivity index (χ2v) is 5.92. The summed E-state index contributed by atoms with van der Waals surface area (Å²) in [7, 11) is 0. The number of nitrogens with zero attached hydrogens (tertiary/aromatic N) is 3. The highest BCUT2D eigenvalue weighted by Crippen LogP contribution is 2.25. The smallest absolute Gasteiger partial charge is 0.205 e. The maximum atomic E-state index is 4.72. The predicted molar refractivity (Wildman–Crippen MR) is 80.8 cm³/mol. The Morgan fingerprint density at radius 3 is 2.63 bits per heavy atom. The van der Waals surface area contributed by atoms with Crippen LogP contribution in [0.25, 0.3) is 0 Å². The molecular weight excluding hydrogens is 236 g/mol. The van der Waals surface area contributed by atoms with Crippen molar-refractivity contribution < 1.29 is 0 Å². The fraction of sp³-hybridized carbons (Fsp3) is 0.800. The first-order chi connectivity index (χ1) is 9.11. The minimum absolute atomic E-state index is 0.482. The third-order valence-corrected chi connectivity index (χ3v) is 3.97. The van der Waals surface area contributed by atoms with E-state index in [1.165, 1.54) is 19.4 Å². The first-order valence-corrected chi connectivity index (χ1v) is 7.63. The van der Waals surface area contributed by atoms with Gasteiger partial charge in [-0.3, -0.25) is 0 Å². The van der Waals surface area contributed by atoms with E-state index in [2.05, 4.69) is 48.7 Å². The van der Waals surface area contributed by atoms with E-state index < -0.39 is 0 Å². The Bertz CT molecular complexity index is 389. The Hall–Kier alpha value is -1.03. The molecule has 0 unspecified atom stereocenters. The summed E-state index contributed by atoms with van der Waals surface area (Å²) in [5, 5.41) is 3.47. The summed E-state index contributed by atoms with van der Waals surface area (Å²) in [6.45, 7) is 13.2. The van der Waals surface area contributed by atoms with Crippen LogP contribution < -0.4 is 10.2 Å². The third kappa shape index (κ3) is 3.50. The molecule has 0 spiro atoms. The van der Waals surface area contributed by atoms with Gasteiger partial charge in [-0.05, 0) is 52.6 Å². The van der Waals surface area contributed by atoms with Crippen LogP contribution in [0.5, 0.6) is 0 Å². The number of aromatic nitrogens is 2. The van der Waals surface area contributed by atoms with Crippen molar-refractivity contribution in [2.24, 2.45) is 5.92 Å². The van der Waals surface area contributed by atoms with Gasteiger partial charge >= 0.3 is 0 Å². The zero-order chi connectivity index (χ0) is 13.8. The number of aryl methyl sites for hydroxylation is 1. The van der Waals surface area contributed by atoms with E-state index in [1.54, 1.807) is 0 Å². The van der Waals surface area contributed by atoms with Crippen LogP contribution >= 0.6 is 0 Å². The fourth-order valence-corrected chi connectivity index (χ4v) is 2.80. The first kappa shape index (κ1) is 14.4. The Kier molecular flexibility index (Phi) is 4.86. The van der Waals surface area contributed by atoms with Gasteiger partial charge in [0.2, 0.25) is 5.95 Å². The number of rotatable bonds is 5. The molecule has 1 aromatic rings. The Balaban J connectivity index is 1.97. The highest BCUT2D eigenvalue weighted by molar-refractivity contribution is 5.34. The predicted octanol–water partition coefficient (Wildman–Crippen LogP) is 2.60. The Morgan fingerprint density at radius 1 is 1.37 bits per heavy atom. The van der Waals surface area contributed by atoms with Crippen LogP contribution in [0.1, 0.15) is 45.3 Å². The molecule has 0 amide bonds. The van der Waals surface area contributed by atoms with Gasteiger partial charge in [0.25, 0.3) is 0 Å². The van der Waals surface area contributed by atoms with Crippen molar-refractivity contribution in [3.8, 4) is 0 Å². The van der Waals surface area contributed by atoms with Crippen molar-refractivity contribution in [2.45, 2.75) is 46.6 Å². The van der Waals surface area contributed by atoms with Crippen LogP contribution in [0, 0.1) is 12.8 Å². The molecule has 0 bridgehead atoms. The van der Waals surface area contributed by atoms with Crippen LogP contribution in [-0.2, 0) is 0 Å². The molecule has 0 atom stereocenters. The largest absolute Gasteiger partial charge is 0.342 e. The molecule has 2 rings (SSSR count). The van der Waals surface area contributed by atoms with Crippen LogP contribution in [0.3, 0.4) is 0 Å². The fourth-order valence-electron chi connectivity index (χ4n) is 2.80. The van der Waals surface area contributed by atoms with Crippen molar-refractivity contribution in [1.29, 1.82) is 0 Å². The summed E-state index contributed by atoms with van der Waals surface area (Å²) >= 11 is 0. The monoisotopic (exact) mass is 264 g/mol. The highest BCUT2D eigenvalue weighted by atomic mass is 15.3. The van der Waals surface area contributed by atoms with E-state index in [9.17, 15) is 0 Å². The van der Waals surface area contributed by atoms with Gasteiger partial charge in [0.1, 0.15) is 0 Å². The lowest BCUT2D eigenvalue weighted by molar-refractivity contribution is 0.380. The molecule has 1 saturated heterocycles. The molecule has 1 aromatic heterocycles. The van der Waals surface area contributed by atoms with Gasteiger partial charge in [0.15, 0.2) is 0 Å². The van der Waals surface area contributed by atoms with E-state index in [0.717, 1.165) is 37.2 Å². The number of nitrogens with one attached hydrogen (secondary N) is 1. The molecule has 1 aliphatic rings. The van der Waals surface area contributed by atoms with E-state index in [-0.39, 0.29) is 0 Å². The van der Waals surface area contributed by atoms with E-state index in [1.807, 2.05) is 0 Å². The maximum Gasteiger partial charge on any atom is 0.205 e. The summed E-state index contributed by atoms with van der Waals surface area (Å²) in [5.41, 5.74) is 1.12. The lowest BCUT2D eigenvalue weighted by Gasteiger charge is -2.33. The molecular formula is C15H28N4. The Morgan fingerprint density at radius 2 is 2.05 bits per heavy atom. The molecule has 4 nitrogen and oxygen atoms in total. The standard InChI is InChI=1S/C15H28N4/c1-5-16-10-14-6-8-18(9-7-14)15-17-13(4)11-19(15)12(2)3/h11-12,14,16H,5-10H2,1-4H3. The topological polar surface area (TPSA) is 33.1 Å². The number of imidazole rings is 1. The van der Waals surface area contributed by atoms with Gasteiger partial charge in [-0.25, -0.2) is 4.98 Å². The van der Waals surface area contributed by atoms with Gasteiger partial charge < -0.3 is 14.8 Å². The minimum atomic E-state index is 0.482. The van der Waals surface area contributed by atoms with E-state index in [4.69, 9.17) is 4.98 Å². The average molecular weight is 264 g/mol. The first-order valence-electron chi connectivity index (χ1n) is 7.63. The average Bonchev–Trinajstić information content (AvgIpc) is 2.79. The Labute approximate surface area is 117 Å². The van der Waals surface area contributed by atoms with Crippen LogP contribution in [0.2, 0.25) is 0 Å². The number of anilines is 1. The van der Waals surface area contributed by atoms with Crippen molar-refractivity contribution in [3.05, 3.63) is 11.9 Å². The summed E-state index contributed by atoms with van der Waals surface area (Å²) in [5.74, 6) is 1.99. The van der Waals surface area contributed by atoms with Crippen molar-refractivity contribution in [1.82, 2.24) is 14.9 Å². The van der Waals surface area contributed by atoms with Gasteiger partial charge in [0, 0.05) is 25.3 Å². The lowest BCUT2D eigenvalue weighted by Crippen LogP contribution is -2.38. The van der Waals surface area contributed by atoms with Crippen molar-refractivity contribution >= 4 is 5.95 Å². The van der Waals surface area contributed by atoms with E-state index in [0.29, 0.717) is 6.04 Å². The van der Waals surface area contributed by atoms with Gasteiger partial charge in [-0.15, -0.1) is 0 Å². The minimum Gasteiger partial charge on any atom is -0.342 e. The van der Waals surface area contributed by atoms with Crippen LogP contribution in [0.4, 0.5) is 5.95 Å². The van der Waals surface area contributed by atoms with E-state index >= 15 is 0 Å². The molecule has 1 N–H and O–H groups in total. The molecule has 1 aliphatic heterocycles. The zero-order valence-corrected chi connectivity index (χ0v) is 12.8. The summed E-state index contributed by atoms with van der Waals surface area (Å²) in [6, 6.07) is 0.482. The molecule has 4 heteroatoms. The zero-order valence-electron chi connectivity index (χ0n) is 12.8. The quantitative estimate of drug-likeness (QED) is 0.887. The molecule has 0 saturated carbocycles. The number of hydrogen-bond donors (Lipinski definition) is 1. The van der Waals surface area contributed by atoms with Crippen molar-refractivity contribution in [3.63, 3.8) is 0 Å². The molecule has 1 fully saturated rings. The van der Waals surface area contributed by atoms with Gasteiger partial charge in [-0.2, -0.15) is 0 Å². The molecule has 108 valence electrons. The molecule has 0 aromatic carbocycles. The second-order valence-electron chi connectivity index (χ2n) is 5.92. The van der Waals surface area contributed by atoms with Crippen LogP contribution in [-0.4, -0.2) is 35.7 Å². The van der Waals surface area contributed by atoms with Gasteiger partial charge in [-0.1, -0.05) is 6.92 Å². The second kappa shape index (κ2) is 6.42. The lowest BCUT2D eigenvalue weighted by atomic mass is 9.97. The number of piperidine rings is 1. The van der Waals surface area contributed by atoms with Gasteiger partial charge in [0.05, 0.1) is 5.69 Å². The number of hydrogen-bond acceptors (Lipinski definition) is 3. The highest BCUT2D eigenvalue weighted by Gasteiger charge is 2.22. The van der Waals surface area contributed by atoms with Crippen LogP contribution in [0.15, 0.2) is 6.20 Å². The summed E-state index contributed by atoms with van der Waals surface area (Å²) in [6.07, 6.45) is 4.72. The maximum absolute atomic E-state index is 4.72. The normalized spacial score (nSPS) is 17.4. The van der Waals surface area contributed by atoms with Crippen molar-refractivity contribution in [2.75, 3.05) is 31.1 Å². The molecule has 0 aliphatic carbocycles. The molecule has 0 radical (unpaired) electrons. The summed E-state index contributed by atoms with van der Waals surface area (Å²) in [4.78, 5) is 7.17.